The lowest BCUT2D eigenvalue weighted by atomic mass is 9.90. The second-order valence-corrected chi connectivity index (χ2v) is 7.66. The number of rotatable bonds is 3. The maximum absolute atomic E-state index is 11.4. The Labute approximate surface area is 163 Å². The van der Waals surface area contributed by atoms with Gasteiger partial charge in [-0.3, -0.25) is 5.32 Å². The van der Waals surface area contributed by atoms with Gasteiger partial charge in [-0.2, -0.15) is 0 Å². The van der Waals surface area contributed by atoms with E-state index in [9.17, 15) is 4.79 Å². The zero-order chi connectivity index (χ0) is 19.8. The van der Waals surface area contributed by atoms with Crippen LogP contribution in [0.15, 0.2) is 48.5 Å². The number of carbonyl (C=O) groups is 1. The molecule has 1 saturated heterocycles. The van der Waals surface area contributed by atoms with Crippen molar-refractivity contribution in [3.63, 3.8) is 0 Å². The lowest BCUT2D eigenvalue weighted by Crippen LogP contribution is -2.46. The second-order valence-electron chi connectivity index (χ2n) is 7.66. The summed E-state index contributed by atoms with van der Waals surface area (Å²) < 4.78 is 17.3. The van der Waals surface area contributed by atoms with Crippen molar-refractivity contribution in [3.05, 3.63) is 59.7 Å². The summed E-state index contributed by atoms with van der Waals surface area (Å²) in [6.07, 6.45) is -0.582. The van der Waals surface area contributed by atoms with E-state index in [-0.39, 0.29) is 5.41 Å². The zero-order valence-electron chi connectivity index (χ0n) is 16.1. The molecule has 0 atom stereocenters. The van der Waals surface area contributed by atoms with E-state index in [4.69, 9.17) is 9.47 Å². The molecule has 0 saturated carbocycles. The van der Waals surface area contributed by atoms with Crippen molar-refractivity contribution in [1.29, 1.82) is 0 Å². The molecule has 146 valence electrons. The van der Waals surface area contributed by atoms with E-state index >= 15 is 0 Å². The number of amides is 1. The summed E-state index contributed by atoms with van der Waals surface area (Å²) in [5.41, 5.74) is 3.20. The number of imidazole rings is 1. The quantitative estimate of drug-likeness (QED) is 0.716. The molecule has 0 unspecified atom stereocenters. The summed E-state index contributed by atoms with van der Waals surface area (Å²) in [7, 11) is 1.30. The smallest absolute Gasteiger partial charge is 0.413 e. The first-order valence-corrected chi connectivity index (χ1v) is 9.11. The summed E-state index contributed by atoms with van der Waals surface area (Å²) in [5, 5.41) is 2.54. The Balaban J connectivity index is 1.76. The van der Waals surface area contributed by atoms with Gasteiger partial charge in [-0.05, 0) is 12.1 Å². The topological polar surface area (TPSA) is 85.5 Å². The van der Waals surface area contributed by atoms with Crippen LogP contribution in [0.4, 0.5) is 10.7 Å². The number of aromatic amines is 1. The van der Waals surface area contributed by atoms with Crippen molar-refractivity contribution in [1.82, 2.24) is 9.97 Å². The number of aromatic nitrogens is 2. The van der Waals surface area contributed by atoms with Crippen LogP contribution in [-0.2, 0) is 20.0 Å². The maximum atomic E-state index is 11.4. The highest BCUT2D eigenvalue weighted by atomic mass is 16.7. The minimum Gasteiger partial charge on any atom is -0.453 e. The molecule has 4 rings (SSSR count). The van der Waals surface area contributed by atoms with Crippen LogP contribution < -0.4 is 5.32 Å². The lowest BCUT2D eigenvalue weighted by molar-refractivity contribution is -0.284. The minimum atomic E-state index is -0.994. The number of benzene rings is 2. The predicted molar refractivity (Wildman–Crippen MR) is 105 cm³/mol. The van der Waals surface area contributed by atoms with Crippen LogP contribution in [0.3, 0.4) is 0 Å². The van der Waals surface area contributed by atoms with Gasteiger partial charge in [0.15, 0.2) is 0 Å². The number of H-pyrrole nitrogens is 1. The molecule has 7 heteroatoms. The van der Waals surface area contributed by atoms with Crippen LogP contribution in [0.5, 0.6) is 0 Å². The fourth-order valence-electron chi connectivity index (χ4n) is 3.26. The zero-order valence-corrected chi connectivity index (χ0v) is 16.1. The van der Waals surface area contributed by atoms with Crippen LogP contribution in [-0.4, -0.2) is 36.4 Å². The third kappa shape index (κ3) is 3.34. The standard InChI is InChI=1S/C21H23N3O4/c1-20(2)12-27-21(28-13-20,14-7-5-4-6-8-14)15-9-10-16-17(11-15)23-18(22-16)24-19(25)26-3/h4-11H,12-13H2,1-3H3,(H2,22,23,24,25). The van der Waals surface area contributed by atoms with Gasteiger partial charge in [0.25, 0.3) is 0 Å². The summed E-state index contributed by atoms with van der Waals surface area (Å²) in [4.78, 5) is 18.9. The molecule has 2 heterocycles. The number of carbonyl (C=O) groups excluding carboxylic acids is 1. The molecule has 2 aromatic carbocycles. The van der Waals surface area contributed by atoms with E-state index in [1.165, 1.54) is 7.11 Å². The van der Waals surface area contributed by atoms with Crippen LogP contribution in [0.2, 0.25) is 0 Å². The molecule has 0 spiro atoms. The van der Waals surface area contributed by atoms with Crippen molar-refractivity contribution in [2.75, 3.05) is 25.6 Å². The maximum Gasteiger partial charge on any atom is 0.413 e. The Kier molecular flexibility index (Phi) is 4.56. The Morgan fingerprint density at radius 3 is 2.50 bits per heavy atom. The summed E-state index contributed by atoms with van der Waals surface area (Å²) in [6.45, 7) is 5.37. The highest BCUT2D eigenvalue weighted by Gasteiger charge is 2.43. The minimum absolute atomic E-state index is 0.0615. The van der Waals surface area contributed by atoms with Crippen molar-refractivity contribution < 1.29 is 19.0 Å². The third-order valence-corrected chi connectivity index (χ3v) is 4.75. The van der Waals surface area contributed by atoms with Crippen LogP contribution >= 0.6 is 0 Å². The molecule has 1 amide bonds. The number of ether oxygens (including phenoxy) is 3. The summed E-state index contributed by atoms with van der Waals surface area (Å²) in [6, 6.07) is 15.7. The van der Waals surface area contributed by atoms with Gasteiger partial charge in [0.1, 0.15) is 0 Å². The van der Waals surface area contributed by atoms with E-state index in [0.29, 0.717) is 19.2 Å². The number of nitrogens with one attached hydrogen (secondary N) is 2. The first-order chi connectivity index (χ1) is 13.4. The normalized spacial score (nSPS) is 18.0. The molecule has 0 aliphatic carbocycles. The molecule has 1 aliphatic heterocycles. The number of nitrogens with zero attached hydrogens (tertiary/aromatic N) is 1. The molecule has 0 bridgehead atoms. The van der Waals surface area contributed by atoms with Crippen molar-refractivity contribution >= 4 is 23.1 Å². The van der Waals surface area contributed by atoms with Crippen molar-refractivity contribution in [3.8, 4) is 0 Å². The van der Waals surface area contributed by atoms with Gasteiger partial charge >= 0.3 is 6.09 Å². The van der Waals surface area contributed by atoms with Crippen molar-refractivity contribution in [2.24, 2.45) is 5.41 Å². The molecule has 1 aliphatic rings. The molecule has 7 nitrogen and oxygen atoms in total. The highest BCUT2D eigenvalue weighted by molar-refractivity contribution is 5.86. The summed E-state index contributed by atoms with van der Waals surface area (Å²) >= 11 is 0. The van der Waals surface area contributed by atoms with E-state index in [1.807, 2.05) is 48.5 Å². The lowest BCUT2D eigenvalue weighted by Gasteiger charge is -2.44. The van der Waals surface area contributed by atoms with Gasteiger partial charge in [0, 0.05) is 16.5 Å². The Morgan fingerprint density at radius 2 is 1.82 bits per heavy atom. The SMILES string of the molecule is COC(=O)Nc1nc2ccc(C3(c4ccccc4)OCC(C)(C)CO3)cc2[nH]1. The fourth-order valence-corrected chi connectivity index (χ4v) is 3.26. The van der Waals surface area contributed by atoms with Crippen molar-refractivity contribution in [2.45, 2.75) is 19.6 Å². The van der Waals surface area contributed by atoms with E-state index < -0.39 is 11.9 Å². The van der Waals surface area contributed by atoms with Gasteiger partial charge in [0.05, 0.1) is 31.4 Å². The van der Waals surface area contributed by atoms with E-state index in [1.54, 1.807) is 0 Å². The Bertz CT molecular complexity index is 987. The number of fused-ring (bicyclic) bond motifs is 1. The molecule has 1 fully saturated rings. The third-order valence-electron chi connectivity index (χ3n) is 4.75. The molecule has 0 radical (unpaired) electrons. The van der Waals surface area contributed by atoms with E-state index in [0.717, 1.165) is 22.2 Å². The molecule has 28 heavy (non-hydrogen) atoms. The van der Waals surface area contributed by atoms with Crippen LogP contribution in [0, 0.1) is 5.41 Å². The first-order valence-electron chi connectivity index (χ1n) is 9.11. The van der Waals surface area contributed by atoms with Crippen LogP contribution in [0.25, 0.3) is 11.0 Å². The molecular formula is C21H23N3O4. The fraction of sp³-hybridized carbons (Fsp3) is 0.333. The Morgan fingerprint density at radius 1 is 1.11 bits per heavy atom. The largest absolute Gasteiger partial charge is 0.453 e. The molecule has 2 N–H and O–H groups in total. The van der Waals surface area contributed by atoms with Gasteiger partial charge in [-0.25, -0.2) is 9.78 Å². The Hall–Kier alpha value is -2.90. The monoisotopic (exact) mass is 381 g/mol. The summed E-state index contributed by atoms with van der Waals surface area (Å²) in [5.74, 6) is -0.675. The number of hydrogen-bond acceptors (Lipinski definition) is 5. The van der Waals surface area contributed by atoms with Gasteiger partial charge in [-0.1, -0.05) is 50.2 Å². The highest BCUT2D eigenvalue weighted by Crippen LogP contribution is 2.42. The molecule has 1 aromatic heterocycles. The molecular weight excluding hydrogens is 358 g/mol. The van der Waals surface area contributed by atoms with Gasteiger partial charge in [0.2, 0.25) is 11.7 Å². The van der Waals surface area contributed by atoms with Gasteiger partial charge < -0.3 is 19.2 Å². The van der Waals surface area contributed by atoms with E-state index in [2.05, 4.69) is 33.9 Å². The number of hydrogen-bond donors (Lipinski definition) is 2. The molecule has 3 aromatic rings. The average molecular weight is 381 g/mol. The number of anilines is 1. The first kappa shape index (κ1) is 18.5. The second kappa shape index (κ2) is 6.92. The van der Waals surface area contributed by atoms with Crippen LogP contribution in [0.1, 0.15) is 25.0 Å². The van der Waals surface area contributed by atoms with Gasteiger partial charge in [-0.15, -0.1) is 0 Å². The number of methoxy groups -OCH3 is 1. The average Bonchev–Trinajstić information content (AvgIpc) is 3.10. The predicted octanol–water partition coefficient (Wildman–Crippen LogP) is 4.02.